The van der Waals surface area contributed by atoms with Gasteiger partial charge in [-0.2, -0.15) is 0 Å². The molecule has 1 atom stereocenters. The number of carbonyl (C=O) groups excluding carboxylic acids is 1. The summed E-state index contributed by atoms with van der Waals surface area (Å²) in [6, 6.07) is 14.3. The number of hydrogen-bond acceptors (Lipinski definition) is 6. The van der Waals surface area contributed by atoms with Crippen LogP contribution in [0.2, 0.25) is 0 Å². The maximum Gasteiger partial charge on any atom is 0.254 e. The molecular weight excluding hydrogens is 453 g/mol. The van der Waals surface area contributed by atoms with Crippen LogP contribution in [-0.4, -0.2) is 52.4 Å². The number of carbonyl (C=O) groups is 1. The van der Waals surface area contributed by atoms with Gasteiger partial charge in [-0.1, -0.05) is 0 Å². The lowest BCUT2D eigenvalue weighted by molar-refractivity contribution is 0.0589. The second-order valence-electron chi connectivity index (χ2n) is 8.01. The number of nitrogens with zero attached hydrogens (tertiary/aromatic N) is 1. The van der Waals surface area contributed by atoms with Gasteiger partial charge in [-0.3, -0.25) is 4.79 Å². The smallest absolute Gasteiger partial charge is 0.254 e. The van der Waals surface area contributed by atoms with Gasteiger partial charge in [0.25, 0.3) is 5.91 Å². The minimum Gasteiger partial charge on any atom is -0.493 e. The predicted molar refractivity (Wildman–Crippen MR) is 128 cm³/mol. The van der Waals surface area contributed by atoms with Gasteiger partial charge in [0.05, 0.1) is 34.5 Å². The normalized spacial score (nSPS) is 14.7. The van der Waals surface area contributed by atoms with Crippen LogP contribution < -0.4 is 23.7 Å². The first-order valence-electron chi connectivity index (χ1n) is 11.1. The Bertz CT molecular complexity index is 1200. The Kier molecular flexibility index (Phi) is 7.29. The fraction of sp³-hybridized carbons (Fsp3) is 0.296. The fourth-order valence-corrected chi connectivity index (χ4v) is 4.29. The highest BCUT2D eigenvalue weighted by atomic mass is 19.1. The molecule has 1 amide bonds. The highest BCUT2D eigenvalue weighted by Crippen LogP contribution is 2.39. The number of fused-ring (bicyclic) bond motifs is 1. The quantitative estimate of drug-likeness (QED) is 0.466. The lowest BCUT2D eigenvalue weighted by Crippen LogP contribution is -2.42. The summed E-state index contributed by atoms with van der Waals surface area (Å²) in [6.07, 6.45) is 0.641. The number of halogens is 1. The van der Waals surface area contributed by atoms with E-state index < -0.39 is 6.04 Å². The van der Waals surface area contributed by atoms with E-state index in [2.05, 4.69) is 0 Å². The summed E-state index contributed by atoms with van der Waals surface area (Å²) < 4.78 is 41.0. The van der Waals surface area contributed by atoms with Crippen molar-refractivity contribution in [1.82, 2.24) is 4.90 Å². The summed E-state index contributed by atoms with van der Waals surface area (Å²) in [4.78, 5) is 15.5. The van der Waals surface area contributed by atoms with Gasteiger partial charge in [-0.25, -0.2) is 4.39 Å². The van der Waals surface area contributed by atoms with Crippen LogP contribution in [0.3, 0.4) is 0 Å². The molecule has 0 radical (unpaired) electrons. The summed E-state index contributed by atoms with van der Waals surface area (Å²) in [6.45, 7) is 0.653. The molecule has 1 aliphatic rings. The molecule has 8 heteroatoms. The molecule has 0 N–H and O–H groups in total. The average Bonchev–Trinajstić information content (AvgIpc) is 2.90. The monoisotopic (exact) mass is 481 g/mol. The van der Waals surface area contributed by atoms with Gasteiger partial charge in [0.1, 0.15) is 18.2 Å². The maximum absolute atomic E-state index is 13.7. The molecule has 4 rings (SSSR count). The van der Waals surface area contributed by atoms with Crippen LogP contribution in [0.5, 0.6) is 28.7 Å². The molecule has 7 nitrogen and oxygen atoms in total. The summed E-state index contributed by atoms with van der Waals surface area (Å²) >= 11 is 0. The van der Waals surface area contributed by atoms with E-state index in [1.807, 2.05) is 12.1 Å². The van der Waals surface area contributed by atoms with E-state index in [9.17, 15) is 9.18 Å². The molecule has 1 heterocycles. The first kappa shape index (κ1) is 24.2. The molecule has 1 aliphatic heterocycles. The van der Waals surface area contributed by atoms with Crippen molar-refractivity contribution in [2.45, 2.75) is 12.5 Å². The molecule has 0 saturated heterocycles. The number of methoxy groups -OCH3 is 4. The highest BCUT2D eigenvalue weighted by Gasteiger charge is 2.33. The van der Waals surface area contributed by atoms with Gasteiger partial charge in [0.2, 0.25) is 0 Å². The van der Waals surface area contributed by atoms with Crippen LogP contribution in [0.4, 0.5) is 4.39 Å². The van der Waals surface area contributed by atoms with Gasteiger partial charge < -0.3 is 28.6 Å². The molecule has 0 aliphatic carbocycles. The molecule has 0 fully saturated rings. The van der Waals surface area contributed by atoms with Gasteiger partial charge in [0, 0.05) is 12.1 Å². The van der Waals surface area contributed by atoms with E-state index in [4.69, 9.17) is 23.7 Å². The standard InChI is InChI=1S/C27H28FNO6/c1-31-23-10-5-18(14-24(23)32-2)27(30)29-12-11-17-13-25(33-3)26(34-4)15-21(17)22(29)16-35-20-8-6-19(28)7-9-20/h5-10,13-15,22H,11-12,16H2,1-4H3. The Morgan fingerprint density at radius 1 is 0.857 bits per heavy atom. The Morgan fingerprint density at radius 3 is 2.14 bits per heavy atom. The third-order valence-corrected chi connectivity index (χ3v) is 6.12. The lowest BCUT2D eigenvalue weighted by atomic mass is 9.91. The number of hydrogen-bond donors (Lipinski definition) is 0. The zero-order chi connectivity index (χ0) is 24.9. The van der Waals surface area contributed by atoms with E-state index in [0.29, 0.717) is 47.3 Å². The van der Waals surface area contributed by atoms with E-state index in [1.165, 1.54) is 19.2 Å². The third kappa shape index (κ3) is 4.96. The highest BCUT2D eigenvalue weighted by molar-refractivity contribution is 5.95. The molecule has 0 aromatic heterocycles. The van der Waals surface area contributed by atoms with Crippen molar-refractivity contribution in [3.8, 4) is 28.7 Å². The van der Waals surface area contributed by atoms with Crippen molar-refractivity contribution in [3.05, 3.63) is 77.1 Å². The Balaban J connectivity index is 1.71. The molecule has 0 saturated carbocycles. The molecule has 184 valence electrons. The Labute approximate surface area is 203 Å². The maximum atomic E-state index is 13.7. The number of benzene rings is 3. The number of rotatable bonds is 8. The second-order valence-corrected chi connectivity index (χ2v) is 8.01. The molecular formula is C27H28FNO6. The van der Waals surface area contributed by atoms with Crippen molar-refractivity contribution >= 4 is 5.91 Å². The van der Waals surface area contributed by atoms with Crippen LogP contribution in [-0.2, 0) is 6.42 Å². The zero-order valence-electron chi connectivity index (χ0n) is 20.2. The molecule has 1 unspecified atom stereocenters. The molecule has 35 heavy (non-hydrogen) atoms. The summed E-state index contributed by atoms with van der Waals surface area (Å²) in [5.41, 5.74) is 2.43. The molecule has 0 bridgehead atoms. The molecule has 3 aromatic rings. The predicted octanol–water partition coefficient (Wildman–Crippen LogP) is 4.68. The van der Waals surface area contributed by atoms with Gasteiger partial charge in [0.15, 0.2) is 23.0 Å². The van der Waals surface area contributed by atoms with Crippen molar-refractivity contribution in [3.63, 3.8) is 0 Å². The number of ether oxygens (including phenoxy) is 5. The minimum atomic E-state index is -0.413. The van der Waals surface area contributed by atoms with E-state index in [-0.39, 0.29) is 18.3 Å². The first-order chi connectivity index (χ1) is 17.0. The Morgan fingerprint density at radius 2 is 1.49 bits per heavy atom. The van der Waals surface area contributed by atoms with Gasteiger partial charge in [-0.05, 0) is 72.1 Å². The zero-order valence-corrected chi connectivity index (χ0v) is 20.2. The van der Waals surface area contributed by atoms with Crippen LogP contribution in [0.15, 0.2) is 54.6 Å². The van der Waals surface area contributed by atoms with Crippen molar-refractivity contribution < 1.29 is 32.9 Å². The van der Waals surface area contributed by atoms with E-state index in [1.54, 1.807) is 56.6 Å². The SMILES string of the molecule is COc1ccc(C(=O)N2CCc3cc(OC)c(OC)cc3C2COc2ccc(F)cc2)cc1OC. The van der Waals surface area contributed by atoms with Crippen LogP contribution in [0, 0.1) is 5.82 Å². The average molecular weight is 482 g/mol. The van der Waals surface area contributed by atoms with Crippen molar-refractivity contribution in [2.75, 3.05) is 41.6 Å². The molecule has 0 spiro atoms. The summed E-state index contributed by atoms with van der Waals surface area (Å²) in [7, 11) is 6.24. The van der Waals surface area contributed by atoms with Crippen molar-refractivity contribution in [2.24, 2.45) is 0 Å². The fourth-order valence-electron chi connectivity index (χ4n) is 4.29. The Hall–Kier alpha value is -3.94. The van der Waals surface area contributed by atoms with Crippen LogP contribution in [0.25, 0.3) is 0 Å². The van der Waals surface area contributed by atoms with Gasteiger partial charge in [-0.15, -0.1) is 0 Å². The van der Waals surface area contributed by atoms with E-state index in [0.717, 1.165) is 11.1 Å². The second kappa shape index (κ2) is 10.5. The molecule has 3 aromatic carbocycles. The first-order valence-corrected chi connectivity index (χ1v) is 11.1. The van der Waals surface area contributed by atoms with Crippen molar-refractivity contribution in [1.29, 1.82) is 0 Å². The number of amides is 1. The third-order valence-electron chi connectivity index (χ3n) is 6.12. The van der Waals surface area contributed by atoms with Crippen LogP contribution >= 0.6 is 0 Å². The summed E-state index contributed by atoms with van der Waals surface area (Å²) in [5, 5.41) is 0. The van der Waals surface area contributed by atoms with E-state index >= 15 is 0 Å². The minimum absolute atomic E-state index is 0.168. The largest absolute Gasteiger partial charge is 0.493 e. The lowest BCUT2D eigenvalue weighted by Gasteiger charge is -2.37. The van der Waals surface area contributed by atoms with Crippen LogP contribution in [0.1, 0.15) is 27.5 Å². The van der Waals surface area contributed by atoms with Gasteiger partial charge >= 0.3 is 0 Å². The summed E-state index contributed by atoms with van der Waals surface area (Å²) in [5.74, 6) is 2.21. The topological polar surface area (TPSA) is 66.5 Å².